The van der Waals surface area contributed by atoms with E-state index in [1.54, 1.807) is 24.1 Å². The van der Waals surface area contributed by atoms with E-state index in [2.05, 4.69) is 15.4 Å². The molecule has 0 aliphatic rings. The lowest BCUT2D eigenvalue weighted by molar-refractivity contribution is 0.0944. The second-order valence-corrected chi connectivity index (χ2v) is 5.81. The van der Waals surface area contributed by atoms with E-state index in [9.17, 15) is 4.79 Å². The summed E-state index contributed by atoms with van der Waals surface area (Å²) in [6.07, 6.45) is 2.24. The predicted octanol–water partition coefficient (Wildman–Crippen LogP) is 2.66. The van der Waals surface area contributed by atoms with Gasteiger partial charge in [0.05, 0.1) is 11.4 Å². The SMILES string of the molecule is Cc1ccc(-c2nc(CCNC(=O)c3cc(C)nn3C)co2)cc1. The lowest BCUT2D eigenvalue weighted by atomic mass is 10.1. The normalized spacial score (nSPS) is 10.8. The van der Waals surface area contributed by atoms with Crippen LogP contribution in [0.5, 0.6) is 0 Å². The van der Waals surface area contributed by atoms with Gasteiger partial charge in [-0.15, -0.1) is 0 Å². The Kier molecular flexibility index (Phi) is 4.46. The zero-order chi connectivity index (χ0) is 17.1. The molecular formula is C18H20N4O2. The second kappa shape index (κ2) is 6.70. The van der Waals surface area contributed by atoms with Crippen molar-refractivity contribution in [2.24, 2.45) is 7.05 Å². The van der Waals surface area contributed by atoms with E-state index in [0.29, 0.717) is 24.6 Å². The monoisotopic (exact) mass is 324 g/mol. The van der Waals surface area contributed by atoms with Crippen molar-refractivity contribution in [3.63, 3.8) is 0 Å². The van der Waals surface area contributed by atoms with Crippen LogP contribution in [-0.4, -0.2) is 27.2 Å². The Bertz CT molecular complexity index is 846. The maximum absolute atomic E-state index is 12.1. The summed E-state index contributed by atoms with van der Waals surface area (Å²) in [6, 6.07) is 9.78. The molecule has 0 fully saturated rings. The molecule has 0 bridgehead atoms. The number of oxazole rings is 1. The van der Waals surface area contributed by atoms with E-state index in [0.717, 1.165) is 17.0 Å². The molecule has 0 saturated carbocycles. The van der Waals surface area contributed by atoms with E-state index in [1.165, 1.54) is 5.56 Å². The molecule has 2 aromatic heterocycles. The van der Waals surface area contributed by atoms with Crippen molar-refractivity contribution < 1.29 is 9.21 Å². The number of benzene rings is 1. The van der Waals surface area contributed by atoms with Crippen LogP contribution in [-0.2, 0) is 13.5 Å². The quantitative estimate of drug-likeness (QED) is 0.783. The minimum atomic E-state index is -0.139. The molecule has 0 spiro atoms. The molecule has 0 radical (unpaired) electrons. The van der Waals surface area contributed by atoms with Crippen LogP contribution >= 0.6 is 0 Å². The summed E-state index contributed by atoms with van der Waals surface area (Å²) < 4.78 is 7.10. The largest absolute Gasteiger partial charge is 0.444 e. The molecule has 0 atom stereocenters. The van der Waals surface area contributed by atoms with Crippen LogP contribution in [0, 0.1) is 13.8 Å². The first-order valence-electron chi connectivity index (χ1n) is 7.83. The molecule has 24 heavy (non-hydrogen) atoms. The predicted molar refractivity (Wildman–Crippen MR) is 90.7 cm³/mol. The molecule has 6 nitrogen and oxygen atoms in total. The fourth-order valence-corrected chi connectivity index (χ4v) is 2.47. The topological polar surface area (TPSA) is 73.0 Å². The lowest BCUT2D eigenvalue weighted by Gasteiger charge is -2.03. The van der Waals surface area contributed by atoms with Crippen molar-refractivity contribution in [1.29, 1.82) is 0 Å². The van der Waals surface area contributed by atoms with E-state index in [1.807, 2.05) is 38.1 Å². The molecule has 3 rings (SSSR count). The van der Waals surface area contributed by atoms with Gasteiger partial charge in [-0.25, -0.2) is 4.98 Å². The highest BCUT2D eigenvalue weighted by Gasteiger charge is 2.12. The third-order valence-corrected chi connectivity index (χ3v) is 3.75. The highest BCUT2D eigenvalue weighted by Crippen LogP contribution is 2.19. The minimum absolute atomic E-state index is 0.139. The van der Waals surface area contributed by atoms with E-state index in [4.69, 9.17) is 4.42 Å². The molecule has 3 aromatic rings. The summed E-state index contributed by atoms with van der Waals surface area (Å²) in [5, 5.41) is 7.05. The third kappa shape index (κ3) is 3.53. The lowest BCUT2D eigenvalue weighted by Crippen LogP contribution is -2.27. The summed E-state index contributed by atoms with van der Waals surface area (Å²) in [4.78, 5) is 16.6. The number of hydrogen-bond acceptors (Lipinski definition) is 4. The zero-order valence-corrected chi connectivity index (χ0v) is 14.0. The molecule has 1 aromatic carbocycles. The first-order chi connectivity index (χ1) is 11.5. The fourth-order valence-electron chi connectivity index (χ4n) is 2.47. The van der Waals surface area contributed by atoms with Crippen LogP contribution in [0.15, 0.2) is 41.0 Å². The first kappa shape index (κ1) is 16.0. The van der Waals surface area contributed by atoms with Gasteiger partial charge in [0.15, 0.2) is 0 Å². The fraction of sp³-hybridized carbons (Fsp3) is 0.278. The van der Waals surface area contributed by atoms with Crippen molar-refractivity contribution in [1.82, 2.24) is 20.1 Å². The van der Waals surface area contributed by atoms with Gasteiger partial charge in [-0.05, 0) is 32.0 Å². The Hall–Kier alpha value is -2.89. The van der Waals surface area contributed by atoms with E-state index >= 15 is 0 Å². The number of rotatable bonds is 5. The van der Waals surface area contributed by atoms with Gasteiger partial charge < -0.3 is 9.73 Å². The van der Waals surface area contributed by atoms with Gasteiger partial charge in [0.2, 0.25) is 5.89 Å². The maximum atomic E-state index is 12.1. The molecule has 0 aliphatic carbocycles. The Morgan fingerprint density at radius 2 is 2.00 bits per heavy atom. The highest BCUT2D eigenvalue weighted by atomic mass is 16.3. The van der Waals surface area contributed by atoms with Gasteiger partial charge in [0.25, 0.3) is 5.91 Å². The number of carbonyl (C=O) groups is 1. The Morgan fingerprint density at radius 3 is 2.67 bits per heavy atom. The Labute approximate surface area is 140 Å². The van der Waals surface area contributed by atoms with Gasteiger partial charge in [-0.3, -0.25) is 9.48 Å². The van der Waals surface area contributed by atoms with Crippen LogP contribution < -0.4 is 5.32 Å². The average Bonchev–Trinajstić information content (AvgIpc) is 3.14. The van der Waals surface area contributed by atoms with Crippen LogP contribution in [0.25, 0.3) is 11.5 Å². The highest BCUT2D eigenvalue weighted by molar-refractivity contribution is 5.92. The van der Waals surface area contributed by atoms with E-state index < -0.39 is 0 Å². The number of carbonyl (C=O) groups excluding carboxylic acids is 1. The molecule has 2 heterocycles. The summed E-state index contributed by atoms with van der Waals surface area (Å²) in [5.74, 6) is 0.457. The van der Waals surface area contributed by atoms with Crippen molar-refractivity contribution in [3.8, 4) is 11.5 Å². The van der Waals surface area contributed by atoms with Crippen molar-refractivity contribution >= 4 is 5.91 Å². The van der Waals surface area contributed by atoms with Gasteiger partial charge in [0, 0.05) is 25.6 Å². The molecule has 6 heteroatoms. The Balaban J connectivity index is 1.57. The molecule has 0 aliphatic heterocycles. The molecule has 0 saturated heterocycles. The molecule has 124 valence electrons. The van der Waals surface area contributed by atoms with E-state index in [-0.39, 0.29) is 5.91 Å². The number of nitrogens with zero attached hydrogens (tertiary/aromatic N) is 3. The number of aromatic nitrogens is 3. The average molecular weight is 324 g/mol. The van der Waals surface area contributed by atoms with Gasteiger partial charge in [-0.1, -0.05) is 17.7 Å². The van der Waals surface area contributed by atoms with Crippen molar-refractivity contribution in [2.75, 3.05) is 6.54 Å². The number of nitrogens with one attached hydrogen (secondary N) is 1. The van der Waals surface area contributed by atoms with Crippen LogP contribution in [0.4, 0.5) is 0 Å². The van der Waals surface area contributed by atoms with Crippen LogP contribution in [0.3, 0.4) is 0 Å². The van der Waals surface area contributed by atoms with Crippen molar-refractivity contribution in [3.05, 3.63) is 59.2 Å². The molecule has 0 unspecified atom stereocenters. The van der Waals surface area contributed by atoms with Crippen molar-refractivity contribution in [2.45, 2.75) is 20.3 Å². The van der Waals surface area contributed by atoms with Crippen LogP contribution in [0.1, 0.15) is 27.4 Å². The standard InChI is InChI=1S/C18H20N4O2/c1-12-4-6-14(7-5-12)18-20-15(11-24-18)8-9-19-17(23)16-10-13(2)21-22(16)3/h4-7,10-11H,8-9H2,1-3H3,(H,19,23). The molecular weight excluding hydrogens is 304 g/mol. The summed E-state index contributed by atoms with van der Waals surface area (Å²) in [6.45, 7) is 4.39. The van der Waals surface area contributed by atoms with Crippen LogP contribution in [0.2, 0.25) is 0 Å². The number of hydrogen-bond donors (Lipinski definition) is 1. The second-order valence-electron chi connectivity index (χ2n) is 5.81. The van der Waals surface area contributed by atoms with Gasteiger partial charge in [-0.2, -0.15) is 5.10 Å². The van der Waals surface area contributed by atoms with Gasteiger partial charge in [0.1, 0.15) is 12.0 Å². The minimum Gasteiger partial charge on any atom is -0.444 e. The summed E-state index contributed by atoms with van der Waals surface area (Å²) in [5.41, 5.74) is 4.32. The molecule has 1 amide bonds. The third-order valence-electron chi connectivity index (χ3n) is 3.75. The summed E-state index contributed by atoms with van der Waals surface area (Å²) in [7, 11) is 1.76. The number of aryl methyl sites for hydroxylation is 3. The van der Waals surface area contributed by atoms with Gasteiger partial charge >= 0.3 is 0 Å². The maximum Gasteiger partial charge on any atom is 0.269 e. The Morgan fingerprint density at radius 1 is 1.25 bits per heavy atom. The zero-order valence-electron chi connectivity index (χ0n) is 14.0. The smallest absolute Gasteiger partial charge is 0.269 e. The first-order valence-corrected chi connectivity index (χ1v) is 7.83. The number of amides is 1. The summed E-state index contributed by atoms with van der Waals surface area (Å²) >= 11 is 0. The molecule has 1 N–H and O–H groups in total.